The third-order valence-electron chi connectivity index (χ3n) is 2.37. The standard InChI is InChI=1S/C14H17N3O2/c1-2-3-9-16-12-7-5-4-6-11(12)14(19)17-10-8-13(15)18/h4-7,16H,8-10H2,1H3,(H2,15,18)(H,17,19). The minimum absolute atomic E-state index is 0.128. The van der Waals surface area contributed by atoms with Gasteiger partial charge in [0, 0.05) is 18.7 Å². The normalized spacial score (nSPS) is 9.11. The van der Waals surface area contributed by atoms with Crippen LogP contribution in [0.5, 0.6) is 0 Å². The zero-order chi connectivity index (χ0) is 14.1. The van der Waals surface area contributed by atoms with Crippen molar-refractivity contribution in [3.8, 4) is 11.8 Å². The highest BCUT2D eigenvalue weighted by Gasteiger charge is 2.09. The first kappa shape index (κ1) is 14.6. The van der Waals surface area contributed by atoms with Gasteiger partial charge >= 0.3 is 0 Å². The molecule has 0 aliphatic carbocycles. The zero-order valence-corrected chi connectivity index (χ0v) is 10.8. The summed E-state index contributed by atoms with van der Waals surface area (Å²) in [5, 5.41) is 5.71. The number of carbonyl (C=O) groups excluding carboxylic acids is 2. The summed E-state index contributed by atoms with van der Waals surface area (Å²) in [6, 6.07) is 7.13. The molecule has 0 saturated carbocycles. The second kappa shape index (κ2) is 7.77. The maximum Gasteiger partial charge on any atom is 0.253 e. The Bertz CT molecular complexity index is 515. The summed E-state index contributed by atoms with van der Waals surface area (Å²) < 4.78 is 0. The lowest BCUT2D eigenvalue weighted by Gasteiger charge is -2.10. The van der Waals surface area contributed by atoms with Crippen LogP contribution in [0.3, 0.4) is 0 Å². The number of benzene rings is 1. The Kier molecular flexibility index (Phi) is 5.96. The molecule has 0 unspecified atom stereocenters. The van der Waals surface area contributed by atoms with Crippen LogP contribution in [0.4, 0.5) is 5.69 Å². The van der Waals surface area contributed by atoms with Gasteiger partial charge in [-0.25, -0.2) is 0 Å². The maximum absolute atomic E-state index is 11.9. The van der Waals surface area contributed by atoms with Gasteiger partial charge in [0.05, 0.1) is 12.1 Å². The van der Waals surface area contributed by atoms with Crippen molar-refractivity contribution >= 4 is 17.5 Å². The quantitative estimate of drug-likeness (QED) is 0.658. The van der Waals surface area contributed by atoms with Crippen molar-refractivity contribution in [2.75, 3.05) is 18.4 Å². The summed E-state index contributed by atoms with van der Waals surface area (Å²) in [4.78, 5) is 22.5. The average Bonchev–Trinajstić information content (AvgIpc) is 2.39. The van der Waals surface area contributed by atoms with Crippen LogP contribution in [0.15, 0.2) is 24.3 Å². The summed E-state index contributed by atoms with van der Waals surface area (Å²) >= 11 is 0. The predicted molar refractivity (Wildman–Crippen MR) is 74.5 cm³/mol. The lowest BCUT2D eigenvalue weighted by Crippen LogP contribution is -2.28. The minimum Gasteiger partial charge on any atom is -0.373 e. The van der Waals surface area contributed by atoms with E-state index in [0.717, 1.165) is 0 Å². The summed E-state index contributed by atoms with van der Waals surface area (Å²) in [6.07, 6.45) is 0.128. The molecule has 0 atom stereocenters. The topological polar surface area (TPSA) is 84.2 Å². The maximum atomic E-state index is 11.9. The number of nitrogens with two attached hydrogens (primary N) is 1. The highest BCUT2D eigenvalue weighted by molar-refractivity contribution is 5.99. The Morgan fingerprint density at radius 2 is 2.05 bits per heavy atom. The molecule has 100 valence electrons. The second-order valence-corrected chi connectivity index (χ2v) is 3.80. The monoisotopic (exact) mass is 259 g/mol. The van der Waals surface area contributed by atoms with Crippen molar-refractivity contribution in [3.63, 3.8) is 0 Å². The number of amides is 2. The molecule has 4 N–H and O–H groups in total. The third kappa shape index (κ3) is 5.13. The number of para-hydroxylation sites is 1. The fourth-order valence-corrected chi connectivity index (χ4v) is 1.46. The number of hydrogen-bond donors (Lipinski definition) is 3. The average molecular weight is 259 g/mol. The number of nitrogens with one attached hydrogen (secondary N) is 2. The van der Waals surface area contributed by atoms with E-state index in [1.807, 2.05) is 6.07 Å². The number of hydrogen-bond acceptors (Lipinski definition) is 3. The zero-order valence-electron chi connectivity index (χ0n) is 10.8. The molecule has 0 aromatic heterocycles. The van der Waals surface area contributed by atoms with Crippen molar-refractivity contribution in [1.82, 2.24) is 5.32 Å². The second-order valence-electron chi connectivity index (χ2n) is 3.80. The molecule has 5 heteroatoms. The van der Waals surface area contributed by atoms with Crippen LogP contribution >= 0.6 is 0 Å². The van der Waals surface area contributed by atoms with Crippen LogP contribution in [0.2, 0.25) is 0 Å². The third-order valence-corrected chi connectivity index (χ3v) is 2.37. The number of anilines is 1. The molecular formula is C14H17N3O2. The SMILES string of the molecule is CC#CCNc1ccccc1C(=O)NCCC(N)=O. The Morgan fingerprint density at radius 1 is 1.32 bits per heavy atom. The molecule has 1 rings (SSSR count). The van der Waals surface area contributed by atoms with Crippen LogP contribution < -0.4 is 16.4 Å². The van der Waals surface area contributed by atoms with E-state index in [0.29, 0.717) is 17.8 Å². The Hall–Kier alpha value is -2.48. The Morgan fingerprint density at radius 3 is 2.74 bits per heavy atom. The lowest BCUT2D eigenvalue weighted by atomic mass is 10.1. The van der Waals surface area contributed by atoms with E-state index in [9.17, 15) is 9.59 Å². The molecule has 0 bridgehead atoms. The first-order chi connectivity index (χ1) is 9.15. The van der Waals surface area contributed by atoms with Gasteiger partial charge in [-0.1, -0.05) is 18.1 Å². The van der Waals surface area contributed by atoms with Gasteiger partial charge in [-0.15, -0.1) is 5.92 Å². The molecule has 1 aromatic rings. The molecule has 1 aromatic carbocycles. The first-order valence-electron chi connectivity index (χ1n) is 5.94. The van der Waals surface area contributed by atoms with Crippen molar-refractivity contribution in [2.45, 2.75) is 13.3 Å². The molecule has 0 saturated heterocycles. The molecular weight excluding hydrogens is 242 g/mol. The van der Waals surface area contributed by atoms with Crippen molar-refractivity contribution in [3.05, 3.63) is 29.8 Å². The van der Waals surface area contributed by atoms with E-state index < -0.39 is 5.91 Å². The van der Waals surface area contributed by atoms with Crippen LogP contribution in [0.25, 0.3) is 0 Å². The first-order valence-corrected chi connectivity index (χ1v) is 5.94. The summed E-state index contributed by atoms with van der Waals surface area (Å²) in [7, 11) is 0. The van der Waals surface area contributed by atoms with E-state index in [4.69, 9.17) is 5.73 Å². The van der Waals surface area contributed by atoms with E-state index in [2.05, 4.69) is 22.5 Å². The predicted octanol–water partition coefficient (Wildman–Crippen LogP) is 0.727. The molecule has 0 spiro atoms. The number of rotatable bonds is 6. The molecule has 0 radical (unpaired) electrons. The summed E-state index contributed by atoms with van der Waals surface area (Å²) in [5.74, 6) is 4.95. The van der Waals surface area contributed by atoms with Gasteiger partial charge in [0.15, 0.2) is 0 Å². The van der Waals surface area contributed by atoms with E-state index in [-0.39, 0.29) is 18.9 Å². The lowest BCUT2D eigenvalue weighted by molar-refractivity contribution is -0.117. The largest absolute Gasteiger partial charge is 0.373 e. The summed E-state index contributed by atoms with van der Waals surface area (Å²) in [6.45, 7) is 2.46. The Labute approximate surface area is 112 Å². The molecule has 0 heterocycles. The van der Waals surface area contributed by atoms with Crippen molar-refractivity contribution in [2.24, 2.45) is 5.73 Å². The van der Waals surface area contributed by atoms with E-state index in [1.54, 1.807) is 25.1 Å². The smallest absolute Gasteiger partial charge is 0.253 e. The minimum atomic E-state index is -0.440. The fourth-order valence-electron chi connectivity index (χ4n) is 1.46. The number of primary amides is 1. The van der Waals surface area contributed by atoms with Gasteiger partial charge < -0.3 is 16.4 Å². The van der Waals surface area contributed by atoms with Gasteiger partial charge in [0.25, 0.3) is 5.91 Å². The van der Waals surface area contributed by atoms with Gasteiger partial charge in [0.1, 0.15) is 0 Å². The van der Waals surface area contributed by atoms with Gasteiger partial charge in [-0.2, -0.15) is 0 Å². The van der Waals surface area contributed by atoms with E-state index >= 15 is 0 Å². The van der Waals surface area contributed by atoms with Crippen molar-refractivity contribution < 1.29 is 9.59 Å². The summed E-state index contributed by atoms with van der Waals surface area (Å²) in [5.41, 5.74) is 6.24. The van der Waals surface area contributed by atoms with Gasteiger partial charge in [0.2, 0.25) is 5.91 Å². The van der Waals surface area contributed by atoms with Crippen LogP contribution in [0, 0.1) is 11.8 Å². The molecule has 0 fully saturated rings. The molecule has 19 heavy (non-hydrogen) atoms. The van der Waals surface area contributed by atoms with Crippen molar-refractivity contribution in [1.29, 1.82) is 0 Å². The van der Waals surface area contributed by atoms with Crippen LogP contribution in [-0.2, 0) is 4.79 Å². The fraction of sp³-hybridized carbons (Fsp3) is 0.286. The molecule has 2 amide bonds. The van der Waals surface area contributed by atoms with Gasteiger partial charge in [-0.3, -0.25) is 9.59 Å². The highest BCUT2D eigenvalue weighted by atomic mass is 16.2. The van der Waals surface area contributed by atoms with Gasteiger partial charge in [-0.05, 0) is 19.1 Å². The molecule has 0 aliphatic rings. The van der Waals surface area contributed by atoms with Crippen LogP contribution in [-0.4, -0.2) is 24.9 Å². The van der Waals surface area contributed by atoms with Crippen LogP contribution in [0.1, 0.15) is 23.7 Å². The highest BCUT2D eigenvalue weighted by Crippen LogP contribution is 2.14. The molecule has 0 aliphatic heterocycles. The van der Waals surface area contributed by atoms with E-state index in [1.165, 1.54) is 0 Å². The Balaban J connectivity index is 2.66. The molecule has 5 nitrogen and oxygen atoms in total. The number of carbonyl (C=O) groups is 2.